The summed E-state index contributed by atoms with van der Waals surface area (Å²) in [6.07, 6.45) is 0.304. The molecule has 0 spiro atoms. The van der Waals surface area contributed by atoms with E-state index in [4.69, 9.17) is 4.74 Å². The van der Waals surface area contributed by atoms with Crippen molar-refractivity contribution < 1.29 is 14.3 Å². The van der Waals surface area contributed by atoms with Gasteiger partial charge in [-0.3, -0.25) is 9.59 Å². The van der Waals surface area contributed by atoms with Crippen LogP contribution in [-0.2, 0) is 14.3 Å². The average Bonchev–Trinajstić information content (AvgIpc) is 2.52. The quantitative estimate of drug-likeness (QED) is 0.547. The molecule has 0 aromatic heterocycles. The second kappa shape index (κ2) is 4.81. The molecule has 1 rings (SSSR count). The van der Waals surface area contributed by atoms with Crippen LogP contribution in [0.25, 0.3) is 0 Å². The molecule has 1 unspecified atom stereocenters. The van der Waals surface area contributed by atoms with E-state index in [-0.39, 0.29) is 17.7 Å². The number of ether oxygens (including phenoxy) is 1. The van der Waals surface area contributed by atoms with E-state index in [1.165, 1.54) is 0 Å². The van der Waals surface area contributed by atoms with Gasteiger partial charge in [0.1, 0.15) is 0 Å². The standard InChI is InChI=1S/C8H14N2O3/c1-13-3-2-9-8(12)6-4-7(11)10-5-6/h6H,2-5H2,1H3,(H,9,12)(H,10,11). The Balaban J connectivity index is 2.20. The van der Waals surface area contributed by atoms with E-state index < -0.39 is 0 Å². The van der Waals surface area contributed by atoms with Crippen molar-refractivity contribution in [1.29, 1.82) is 0 Å². The molecule has 74 valence electrons. The highest BCUT2D eigenvalue weighted by Crippen LogP contribution is 2.07. The van der Waals surface area contributed by atoms with Crippen LogP contribution in [0.3, 0.4) is 0 Å². The van der Waals surface area contributed by atoms with E-state index in [0.717, 1.165) is 0 Å². The fourth-order valence-corrected chi connectivity index (χ4v) is 1.21. The summed E-state index contributed by atoms with van der Waals surface area (Å²) in [7, 11) is 1.58. The maximum absolute atomic E-state index is 11.3. The molecule has 5 nitrogen and oxygen atoms in total. The zero-order valence-electron chi connectivity index (χ0n) is 7.63. The van der Waals surface area contributed by atoms with Gasteiger partial charge in [0.05, 0.1) is 12.5 Å². The predicted molar refractivity (Wildman–Crippen MR) is 46.0 cm³/mol. The highest BCUT2D eigenvalue weighted by molar-refractivity contribution is 5.89. The summed E-state index contributed by atoms with van der Waals surface area (Å²) >= 11 is 0. The topological polar surface area (TPSA) is 67.4 Å². The molecule has 1 heterocycles. The van der Waals surface area contributed by atoms with Gasteiger partial charge in [-0.2, -0.15) is 0 Å². The van der Waals surface area contributed by atoms with Crippen LogP contribution in [0.4, 0.5) is 0 Å². The molecular weight excluding hydrogens is 172 g/mol. The van der Waals surface area contributed by atoms with Crippen LogP contribution in [0.15, 0.2) is 0 Å². The first-order chi connectivity index (χ1) is 6.24. The molecule has 2 amide bonds. The summed E-state index contributed by atoms with van der Waals surface area (Å²) in [6.45, 7) is 1.46. The SMILES string of the molecule is COCCNC(=O)C1CNC(=O)C1. The van der Waals surface area contributed by atoms with Gasteiger partial charge in [-0.1, -0.05) is 0 Å². The normalized spacial score (nSPS) is 21.3. The smallest absolute Gasteiger partial charge is 0.225 e. The van der Waals surface area contributed by atoms with Gasteiger partial charge in [0.2, 0.25) is 11.8 Å². The summed E-state index contributed by atoms with van der Waals surface area (Å²) in [4.78, 5) is 22.1. The third kappa shape index (κ3) is 3.02. The van der Waals surface area contributed by atoms with E-state index in [2.05, 4.69) is 10.6 Å². The molecule has 0 aromatic carbocycles. The first kappa shape index (κ1) is 9.98. The molecule has 0 saturated carbocycles. The van der Waals surface area contributed by atoms with E-state index >= 15 is 0 Å². The molecule has 1 atom stereocenters. The Morgan fingerprint density at radius 3 is 3.08 bits per heavy atom. The first-order valence-electron chi connectivity index (χ1n) is 4.27. The molecule has 5 heteroatoms. The fraction of sp³-hybridized carbons (Fsp3) is 0.750. The lowest BCUT2D eigenvalue weighted by atomic mass is 10.1. The molecule has 13 heavy (non-hydrogen) atoms. The fourth-order valence-electron chi connectivity index (χ4n) is 1.21. The Labute approximate surface area is 76.8 Å². The van der Waals surface area contributed by atoms with Crippen LogP contribution >= 0.6 is 0 Å². The number of hydrogen-bond acceptors (Lipinski definition) is 3. The second-order valence-electron chi connectivity index (χ2n) is 2.99. The Bertz CT molecular complexity index is 206. The van der Waals surface area contributed by atoms with Crippen molar-refractivity contribution in [3.63, 3.8) is 0 Å². The summed E-state index contributed by atoms with van der Waals surface area (Å²) in [6, 6.07) is 0. The maximum Gasteiger partial charge on any atom is 0.225 e. The first-order valence-corrected chi connectivity index (χ1v) is 4.27. The molecule has 0 aliphatic carbocycles. The van der Waals surface area contributed by atoms with Gasteiger partial charge < -0.3 is 15.4 Å². The summed E-state index contributed by atoms with van der Waals surface area (Å²) in [5, 5.41) is 5.30. The van der Waals surface area contributed by atoms with Gasteiger partial charge in [0, 0.05) is 26.6 Å². The van der Waals surface area contributed by atoms with Crippen LogP contribution < -0.4 is 10.6 Å². The van der Waals surface area contributed by atoms with Crippen LogP contribution in [0.1, 0.15) is 6.42 Å². The number of methoxy groups -OCH3 is 1. The van der Waals surface area contributed by atoms with Crippen molar-refractivity contribution in [3.05, 3.63) is 0 Å². The third-order valence-corrected chi connectivity index (χ3v) is 1.95. The van der Waals surface area contributed by atoms with Gasteiger partial charge in [0.25, 0.3) is 0 Å². The van der Waals surface area contributed by atoms with E-state index in [0.29, 0.717) is 26.1 Å². The largest absolute Gasteiger partial charge is 0.383 e. The minimum atomic E-state index is -0.204. The molecular formula is C8H14N2O3. The lowest BCUT2D eigenvalue weighted by Gasteiger charge is -2.07. The lowest BCUT2D eigenvalue weighted by Crippen LogP contribution is -2.33. The summed E-state index contributed by atoms with van der Waals surface area (Å²) < 4.78 is 4.78. The van der Waals surface area contributed by atoms with E-state index in [1.54, 1.807) is 7.11 Å². The number of nitrogens with one attached hydrogen (secondary N) is 2. The number of rotatable bonds is 4. The lowest BCUT2D eigenvalue weighted by molar-refractivity contribution is -0.126. The monoisotopic (exact) mass is 186 g/mol. The third-order valence-electron chi connectivity index (χ3n) is 1.95. The molecule has 1 aliphatic heterocycles. The van der Waals surface area contributed by atoms with Crippen LogP contribution in [0, 0.1) is 5.92 Å². The highest BCUT2D eigenvalue weighted by atomic mass is 16.5. The van der Waals surface area contributed by atoms with Crippen LogP contribution in [0.5, 0.6) is 0 Å². The molecule has 0 bridgehead atoms. The predicted octanol–water partition coefficient (Wildman–Crippen LogP) is -1.11. The summed E-state index contributed by atoms with van der Waals surface area (Å²) in [5.74, 6) is -0.327. The number of carbonyl (C=O) groups excluding carboxylic acids is 2. The van der Waals surface area contributed by atoms with Crippen molar-refractivity contribution in [2.75, 3.05) is 26.8 Å². The molecule has 0 aromatic rings. The molecule has 0 radical (unpaired) electrons. The van der Waals surface area contributed by atoms with Gasteiger partial charge in [-0.15, -0.1) is 0 Å². The van der Waals surface area contributed by atoms with E-state index in [9.17, 15) is 9.59 Å². The zero-order chi connectivity index (χ0) is 9.68. The Hall–Kier alpha value is -1.10. The molecule has 1 aliphatic rings. The minimum absolute atomic E-state index is 0.0492. The van der Waals surface area contributed by atoms with Crippen molar-refractivity contribution in [2.24, 2.45) is 5.92 Å². The summed E-state index contributed by atoms with van der Waals surface area (Å²) in [5.41, 5.74) is 0. The zero-order valence-corrected chi connectivity index (χ0v) is 7.63. The molecule has 1 fully saturated rings. The van der Waals surface area contributed by atoms with Gasteiger partial charge >= 0.3 is 0 Å². The number of amides is 2. The van der Waals surface area contributed by atoms with Gasteiger partial charge in [0.15, 0.2) is 0 Å². The molecule has 1 saturated heterocycles. The van der Waals surface area contributed by atoms with Gasteiger partial charge in [-0.05, 0) is 0 Å². The average molecular weight is 186 g/mol. The Kier molecular flexibility index (Phi) is 3.70. The molecule has 2 N–H and O–H groups in total. The van der Waals surface area contributed by atoms with Crippen molar-refractivity contribution >= 4 is 11.8 Å². The van der Waals surface area contributed by atoms with Crippen molar-refractivity contribution in [2.45, 2.75) is 6.42 Å². The van der Waals surface area contributed by atoms with E-state index in [1.807, 2.05) is 0 Å². The minimum Gasteiger partial charge on any atom is -0.383 e. The van der Waals surface area contributed by atoms with Crippen LogP contribution in [0.2, 0.25) is 0 Å². The Morgan fingerprint density at radius 2 is 2.54 bits per heavy atom. The Morgan fingerprint density at radius 1 is 1.77 bits per heavy atom. The second-order valence-corrected chi connectivity index (χ2v) is 2.99. The number of carbonyl (C=O) groups is 2. The van der Waals surface area contributed by atoms with Crippen molar-refractivity contribution in [3.8, 4) is 0 Å². The maximum atomic E-state index is 11.3. The van der Waals surface area contributed by atoms with Crippen molar-refractivity contribution in [1.82, 2.24) is 10.6 Å². The highest BCUT2D eigenvalue weighted by Gasteiger charge is 2.27. The van der Waals surface area contributed by atoms with Crippen LogP contribution in [-0.4, -0.2) is 38.6 Å². The van der Waals surface area contributed by atoms with Gasteiger partial charge in [-0.25, -0.2) is 0 Å². The number of hydrogen-bond donors (Lipinski definition) is 2.